The summed E-state index contributed by atoms with van der Waals surface area (Å²) in [5.41, 5.74) is 3.69. The first-order chi connectivity index (χ1) is 10.8. The number of benzene rings is 2. The number of aliphatic hydroxyl groups excluding tert-OH is 1. The van der Waals surface area contributed by atoms with Gasteiger partial charge in [-0.2, -0.15) is 0 Å². The monoisotopic (exact) mass is 313 g/mol. The lowest BCUT2D eigenvalue weighted by Gasteiger charge is -2.10. The molecule has 0 bridgehead atoms. The van der Waals surface area contributed by atoms with Gasteiger partial charge in [-0.15, -0.1) is 0 Å². The fourth-order valence-corrected chi connectivity index (χ4v) is 2.38. The van der Waals surface area contributed by atoms with Crippen molar-refractivity contribution in [1.82, 2.24) is 0 Å². The van der Waals surface area contributed by atoms with Crippen LogP contribution >= 0.6 is 0 Å². The van der Waals surface area contributed by atoms with E-state index < -0.39 is 12.1 Å². The zero-order chi connectivity index (χ0) is 17.0. The Morgan fingerprint density at radius 1 is 1.04 bits per heavy atom. The highest BCUT2D eigenvalue weighted by Gasteiger charge is 2.12. The number of carboxylic acids is 1. The van der Waals surface area contributed by atoms with Crippen LogP contribution in [0.3, 0.4) is 0 Å². The molecule has 5 heteroatoms. The molecular formula is C18H19NO4. The summed E-state index contributed by atoms with van der Waals surface area (Å²) in [7, 11) is 0. The maximum atomic E-state index is 12.2. The summed E-state index contributed by atoms with van der Waals surface area (Å²) in [5, 5.41) is 21.2. The van der Waals surface area contributed by atoms with Gasteiger partial charge in [0.25, 0.3) is 5.91 Å². The van der Waals surface area contributed by atoms with Crippen LogP contribution in [0.2, 0.25) is 0 Å². The molecule has 0 fully saturated rings. The number of nitrogens with one attached hydrogen (secondary N) is 1. The minimum absolute atomic E-state index is 0.212. The maximum Gasteiger partial charge on any atom is 0.306 e. The summed E-state index contributed by atoms with van der Waals surface area (Å²) in [6, 6.07) is 12.1. The van der Waals surface area contributed by atoms with Gasteiger partial charge in [-0.05, 0) is 43.7 Å². The quantitative estimate of drug-likeness (QED) is 0.792. The molecule has 3 N–H and O–H groups in total. The summed E-state index contributed by atoms with van der Waals surface area (Å²) >= 11 is 0. The van der Waals surface area contributed by atoms with Gasteiger partial charge in [0.05, 0.1) is 12.5 Å². The van der Waals surface area contributed by atoms with E-state index in [1.165, 1.54) is 0 Å². The summed E-state index contributed by atoms with van der Waals surface area (Å²) < 4.78 is 0. The molecule has 1 amide bonds. The summed E-state index contributed by atoms with van der Waals surface area (Å²) in [4.78, 5) is 22.8. The molecule has 23 heavy (non-hydrogen) atoms. The fourth-order valence-electron chi connectivity index (χ4n) is 2.38. The number of hydrogen-bond acceptors (Lipinski definition) is 3. The van der Waals surface area contributed by atoms with E-state index in [2.05, 4.69) is 5.32 Å². The van der Waals surface area contributed by atoms with Crippen LogP contribution in [0.1, 0.15) is 39.6 Å². The molecule has 1 atom stereocenters. The molecule has 0 heterocycles. The smallest absolute Gasteiger partial charge is 0.306 e. The number of carboxylic acid groups (broad SMARTS) is 1. The standard InChI is InChI=1S/C18H19NO4/c1-11-7-12(2)9-14(8-11)18(23)19-15-5-3-13(4-6-15)16(20)10-17(21)22/h3-9,16,20H,10H2,1-2H3,(H,19,23)(H,21,22). The molecule has 0 aromatic heterocycles. The van der Waals surface area contributed by atoms with Crippen molar-refractivity contribution in [2.24, 2.45) is 0 Å². The van der Waals surface area contributed by atoms with Crippen LogP contribution in [-0.4, -0.2) is 22.1 Å². The van der Waals surface area contributed by atoms with Crippen LogP contribution in [0.5, 0.6) is 0 Å². The molecule has 120 valence electrons. The molecule has 0 aliphatic rings. The highest BCUT2D eigenvalue weighted by molar-refractivity contribution is 6.04. The van der Waals surface area contributed by atoms with Gasteiger partial charge in [-0.25, -0.2) is 0 Å². The average Bonchev–Trinajstić information content (AvgIpc) is 2.46. The second-order valence-corrected chi connectivity index (χ2v) is 5.57. The lowest BCUT2D eigenvalue weighted by atomic mass is 10.1. The van der Waals surface area contributed by atoms with Gasteiger partial charge < -0.3 is 15.5 Å². The largest absolute Gasteiger partial charge is 0.481 e. The summed E-state index contributed by atoms with van der Waals surface area (Å²) in [6.07, 6.45) is -1.41. The number of amides is 1. The van der Waals surface area contributed by atoms with E-state index >= 15 is 0 Å². The Bertz CT molecular complexity index is 702. The van der Waals surface area contributed by atoms with Gasteiger partial charge in [0.15, 0.2) is 0 Å². The first-order valence-electron chi connectivity index (χ1n) is 7.24. The van der Waals surface area contributed by atoms with Crippen molar-refractivity contribution < 1.29 is 19.8 Å². The minimum Gasteiger partial charge on any atom is -0.481 e. The van der Waals surface area contributed by atoms with E-state index in [4.69, 9.17) is 5.11 Å². The molecule has 5 nitrogen and oxygen atoms in total. The first-order valence-corrected chi connectivity index (χ1v) is 7.24. The van der Waals surface area contributed by atoms with E-state index in [-0.39, 0.29) is 12.3 Å². The molecule has 0 aliphatic carbocycles. The van der Waals surface area contributed by atoms with Crippen molar-refractivity contribution in [3.8, 4) is 0 Å². The van der Waals surface area contributed by atoms with Crippen molar-refractivity contribution in [3.63, 3.8) is 0 Å². The topological polar surface area (TPSA) is 86.6 Å². The van der Waals surface area contributed by atoms with Gasteiger partial charge in [-0.3, -0.25) is 9.59 Å². The van der Waals surface area contributed by atoms with Crippen LogP contribution in [0.4, 0.5) is 5.69 Å². The SMILES string of the molecule is Cc1cc(C)cc(C(=O)Nc2ccc(C(O)CC(=O)O)cc2)c1. The normalized spacial score (nSPS) is 11.8. The Morgan fingerprint density at radius 2 is 1.61 bits per heavy atom. The Balaban J connectivity index is 2.08. The van der Waals surface area contributed by atoms with Crippen LogP contribution < -0.4 is 5.32 Å². The van der Waals surface area contributed by atoms with Gasteiger partial charge in [-0.1, -0.05) is 29.3 Å². The number of aryl methyl sites for hydroxylation is 2. The van der Waals surface area contributed by atoms with Crippen molar-refractivity contribution in [3.05, 3.63) is 64.7 Å². The molecule has 0 spiro atoms. The number of hydrogen-bond donors (Lipinski definition) is 3. The van der Waals surface area contributed by atoms with Crippen molar-refractivity contribution in [1.29, 1.82) is 0 Å². The molecule has 1 unspecified atom stereocenters. The zero-order valence-corrected chi connectivity index (χ0v) is 13.0. The van der Waals surface area contributed by atoms with E-state index in [0.717, 1.165) is 11.1 Å². The second kappa shape index (κ2) is 7.07. The van der Waals surface area contributed by atoms with Crippen molar-refractivity contribution in [2.75, 3.05) is 5.32 Å². The van der Waals surface area contributed by atoms with Gasteiger partial charge in [0.1, 0.15) is 0 Å². The maximum absolute atomic E-state index is 12.2. The molecule has 2 aromatic carbocycles. The van der Waals surface area contributed by atoms with Crippen LogP contribution in [0, 0.1) is 13.8 Å². The number of anilines is 1. The summed E-state index contributed by atoms with van der Waals surface area (Å²) in [5.74, 6) is -1.28. The zero-order valence-electron chi connectivity index (χ0n) is 13.0. The van der Waals surface area contributed by atoms with E-state index in [1.54, 1.807) is 24.3 Å². The fraction of sp³-hybridized carbons (Fsp3) is 0.222. The first kappa shape index (κ1) is 16.7. The third kappa shape index (κ3) is 4.66. The van der Waals surface area contributed by atoms with Crippen molar-refractivity contribution in [2.45, 2.75) is 26.4 Å². The van der Waals surface area contributed by atoms with E-state index in [1.807, 2.05) is 32.0 Å². The van der Waals surface area contributed by atoms with Crippen LogP contribution in [-0.2, 0) is 4.79 Å². The molecule has 0 radical (unpaired) electrons. The predicted molar refractivity (Wildman–Crippen MR) is 87.5 cm³/mol. The summed E-state index contributed by atoms with van der Waals surface area (Å²) in [6.45, 7) is 3.87. The lowest BCUT2D eigenvalue weighted by Crippen LogP contribution is -2.12. The number of carbonyl (C=O) groups excluding carboxylic acids is 1. The average molecular weight is 313 g/mol. The molecular weight excluding hydrogens is 294 g/mol. The van der Waals surface area contributed by atoms with Gasteiger partial charge in [0, 0.05) is 11.3 Å². The number of aliphatic hydroxyl groups is 1. The molecule has 0 saturated carbocycles. The number of rotatable bonds is 5. The van der Waals surface area contributed by atoms with Gasteiger partial charge >= 0.3 is 5.97 Å². The third-order valence-corrected chi connectivity index (χ3v) is 3.41. The highest BCUT2D eigenvalue weighted by Crippen LogP contribution is 2.20. The molecule has 0 saturated heterocycles. The minimum atomic E-state index is -1.07. The molecule has 2 rings (SSSR count). The number of aliphatic carboxylic acids is 1. The predicted octanol–water partition coefficient (Wildman–Crippen LogP) is 3.06. The Labute approximate surface area is 134 Å². The lowest BCUT2D eigenvalue weighted by molar-refractivity contribution is -0.139. The van der Waals surface area contributed by atoms with E-state index in [0.29, 0.717) is 16.8 Å². The Kier molecular flexibility index (Phi) is 5.13. The van der Waals surface area contributed by atoms with Crippen molar-refractivity contribution >= 4 is 17.6 Å². The van der Waals surface area contributed by atoms with E-state index in [9.17, 15) is 14.7 Å². The Hall–Kier alpha value is -2.66. The molecule has 2 aromatic rings. The second-order valence-electron chi connectivity index (χ2n) is 5.57. The molecule has 0 aliphatic heterocycles. The number of carbonyl (C=O) groups is 2. The Morgan fingerprint density at radius 3 is 2.13 bits per heavy atom. The third-order valence-electron chi connectivity index (χ3n) is 3.41. The highest BCUT2D eigenvalue weighted by atomic mass is 16.4. The van der Waals surface area contributed by atoms with Crippen LogP contribution in [0.15, 0.2) is 42.5 Å². The van der Waals surface area contributed by atoms with Gasteiger partial charge in [0.2, 0.25) is 0 Å². The van der Waals surface area contributed by atoms with Crippen LogP contribution in [0.25, 0.3) is 0 Å².